The number of rotatable bonds is 4. The van der Waals surface area contributed by atoms with Crippen molar-refractivity contribution in [1.82, 2.24) is 4.98 Å². The van der Waals surface area contributed by atoms with E-state index in [1.54, 1.807) is 0 Å². The quantitative estimate of drug-likeness (QED) is 0.658. The lowest BCUT2D eigenvalue weighted by atomic mass is 10.2. The molecule has 1 aromatic heterocycles. The van der Waals surface area contributed by atoms with Gasteiger partial charge in [-0.25, -0.2) is 4.98 Å². The van der Waals surface area contributed by atoms with Gasteiger partial charge in [-0.2, -0.15) is 13.2 Å². The lowest BCUT2D eigenvalue weighted by Gasteiger charge is -2.09. The SMILES string of the molecule is Cc1ccnc(NCCC(F)(F)F)c1[N+](=O)[O-]. The molecule has 0 spiro atoms. The van der Waals surface area contributed by atoms with Crippen LogP contribution in [0.5, 0.6) is 0 Å². The van der Waals surface area contributed by atoms with Crippen LogP contribution in [-0.4, -0.2) is 22.6 Å². The van der Waals surface area contributed by atoms with Gasteiger partial charge >= 0.3 is 11.9 Å². The molecule has 0 unspecified atom stereocenters. The predicted octanol–water partition coefficient (Wildman–Crippen LogP) is 2.66. The third-order valence-electron chi connectivity index (χ3n) is 2.01. The molecule has 1 aromatic rings. The van der Waals surface area contributed by atoms with E-state index in [0.29, 0.717) is 5.56 Å². The molecule has 5 nitrogen and oxygen atoms in total. The number of nitro groups is 1. The Morgan fingerprint density at radius 3 is 2.71 bits per heavy atom. The fourth-order valence-electron chi connectivity index (χ4n) is 1.23. The van der Waals surface area contributed by atoms with E-state index in [2.05, 4.69) is 10.3 Å². The normalized spacial score (nSPS) is 11.3. The summed E-state index contributed by atoms with van der Waals surface area (Å²) >= 11 is 0. The Bertz CT molecular complexity index is 420. The van der Waals surface area contributed by atoms with E-state index in [0.717, 1.165) is 0 Å². The van der Waals surface area contributed by atoms with E-state index >= 15 is 0 Å². The third kappa shape index (κ3) is 3.89. The maximum Gasteiger partial charge on any atom is 0.390 e. The molecule has 8 heteroatoms. The summed E-state index contributed by atoms with van der Waals surface area (Å²) < 4.78 is 35.7. The van der Waals surface area contributed by atoms with Crippen LogP contribution in [0.25, 0.3) is 0 Å². The highest BCUT2D eigenvalue weighted by atomic mass is 19.4. The minimum absolute atomic E-state index is 0.140. The van der Waals surface area contributed by atoms with Gasteiger partial charge in [0, 0.05) is 18.3 Å². The van der Waals surface area contributed by atoms with Crippen LogP contribution in [0.3, 0.4) is 0 Å². The fraction of sp³-hybridized carbons (Fsp3) is 0.444. The number of hydrogen-bond acceptors (Lipinski definition) is 4. The van der Waals surface area contributed by atoms with E-state index in [9.17, 15) is 23.3 Å². The first-order valence-corrected chi connectivity index (χ1v) is 4.72. The summed E-state index contributed by atoms with van der Waals surface area (Å²) in [7, 11) is 0. The number of hydrogen-bond donors (Lipinski definition) is 1. The van der Waals surface area contributed by atoms with Crippen LogP contribution in [0.15, 0.2) is 12.3 Å². The zero-order valence-corrected chi connectivity index (χ0v) is 8.91. The molecule has 0 saturated heterocycles. The van der Waals surface area contributed by atoms with Crippen molar-refractivity contribution in [3.05, 3.63) is 27.9 Å². The fourth-order valence-corrected chi connectivity index (χ4v) is 1.23. The average molecular weight is 249 g/mol. The van der Waals surface area contributed by atoms with E-state index in [4.69, 9.17) is 0 Å². The molecule has 17 heavy (non-hydrogen) atoms. The van der Waals surface area contributed by atoms with Gasteiger partial charge in [-0.15, -0.1) is 0 Å². The number of anilines is 1. The summed E-state index contributed by atoms with van der Waals surface area (Å²) in [6, 6.07) is 1.42. The highest BCUT2D eigenvalue weighted by molar-refractivity contribution is 5.59. The number of halogens is 3. The van der Waals surface area contributed by atoms with Crippen molar-refractivity contribution in [1.29, 1.82) is 0 Å². The van der Waals surface area contributed by atoms with Crippen molar-refractivity contribution in [2.24, 2.45) is 0 Å². The Balaban J connectivity index is 2.78. The lowest BCUT2D eigenvalue weighted by Crippen LogP contribution is -2.16. The maximum absolute atomic E-state index is 11.9. The van der Waals surface area contributed by atoms with Crippen molar-refractivity contribution in [3.63, 3.8) is 0 Å². The zero-order chi connectivity index (χ0) is 13.1. The molecule has 0 radical (unpaired) electrons. The van der Waals surface area contributed by atoms with E-state index in [1.165, 1.54) is 19.2 Å². The Morgan fingerprint density at radius 2 is 2.18 bits per heavy atom. The maximum atomic E-state index is 11.9. The number of nitrogens with one attached hydrogen (secondary N) is 1. The van der Waals surface area contributed by atoms with Gasteiger partial charge in [0.05, 0.1) is 11.3 Å². The number of aromatic nitrogens is 1. The molecule has 0 bridgehead atoms. The molecule has 0 atom stereocenters. The minimum atomic E-state index is -4.30. The summed E-state index contributed by atoms with van der Waals surface area (Å²) in [6.45, 7) is 1.05. The van der Waals surface area contributed by atoms with Crippen molar-refractivity contribution in [2.75, 3.05) is 11.9 Å². The van der Waals surface area contributed by atoms with Crippen LogP contribution < -0.4 is 5.32 Å². The molecule has 1 N–H and O–H groups in total. The third-order valence-corrected chi connectivity index (χ3v) is 2.01. The van der Waals surface area contributed by atoms with Gasteiger partial charge in [0.25, 0.3) is 0 Å². The van der Waals surface area contributed by atoms with Crippen molar-refractivity contribution >= 4 is 11.5 Å². The first-order chi connectivity index (χ1) is 7.81. The Morgan fingerprint density at radius 1 is 1.53 bits per heavy atom. The summed E-state index contributed by atoms with van der Waals surface area (Å²) in [5.74, 6) is -0.140. The van der Waals surface area contributed by atoms with Gasteiger partial charge in [-0.3, -0.25) is 10.1 Å². The molecule has 0 amide bonds. The Labute approximate surface area is 94.8 Å². The van der Waals surface area contributed by atoms with E-state index in [1.807, 2.05) is 0 Å². The summed E-state index contributed by atoms with van der Waals surface area (Å²) in [4.78, 5) is 13.7. The van der Waals surface area contributed by atoms with Gasteiger partial charge in [0.1, 0.15) is 0 Å². The van der Waals surface area contributed by atoms with Crippen molar-refractivity contribution in [3.8, 4) is 0 Å². The van der Waals surface area contributed by atoms with Crippen LogP contribution in [0, 0.1) is 17.0 Å². The zero-order valence-electron chi connectivity index (χ0n) is 8.91. The average Bonchev–Trinajstić information content (AvgIpc) is 2.14. The monoisotopic (exact) mass is 249 g/mol. The molecular formula is C9H10F3N3O2. The molecule has 0 saturated carbocycles. The molecule has 0 aliphatic carbocycles. The van der Waals surface area contributed by atoms with Crippen molar-refractivity contribution < 1.29 is 18.1 Å². The molecular weight excluding hydrogens is 239 g/mol. The first-order valence-electron chi connectivity index (χ1n) is 4.72. The number of alkyl halides is 3. The second-order valence-corrected chi connectivity index (χ2v) is 3.37. The van der Waals surface area contributed by atoms with Gasteiger partial charge in [0.2, 0.25) is 5.82 Å². The van der Waals surface area contributed by atoms with E-state index < -0.39 is 24.1 Å². The molecule has 1 rings (SSSR count). The van der Waals surface area contributed by atoms with Crippen LogP contribution in [0.2, 0.25) is 0 Å². The highest BCUT2D eigenvalue weighted by Crippen LogP contribution is 2.26. The first kappa shape index (κ1) is 13.2. The molecule has 1 heterocycles. The molecule has 0 aromatic carbocycles. The van der Waals surface area contributed by atoms with Crippen LogP contribution in [0.1, 0.15) is 12.0 Å². The summed E-state index contributed by atoms with van der Waals surface area (Å²) in [6.07, 6.45) is -4.07. The van der Waals surface area contributed by atoms with Crippen LogP contribution >= 0.6 is 0 Å². The second kappa shape index (κ2) is 4.98. The van der Waals surface area contributed by atoms with Crippen LogP contribution in [0.4, 0.5) is 24.7 Å². The van der Waals surface area contributed by atoms with Gasteiger partial charge in [-0.05, 0) is 13.0 Å². The molecule has 0 aliphatic heterocycles. The Kier molecular flexibility index (Phi) is 3.87. The largest absolute Gasteiger partial charge is 0.390 e. The van der Waals surface area contributed by atoms with Gasteiger partial charge < -0.3 is 5.32 Å². The Hall–Kier alpha value is -1.86. The lowest BCUT2D eigenvalue weighted by molar-refractivity contribution is -0.384. The van der Waals surface area contributed by atoms with Gasteiger partial charge in [0.15, 0.2) is 0 Å². The molecule has 0 fully saturated rings. The highest BCUT2D eigenvalue weighted by Gasteiger charge is 2.27. The summed E-state index contributed by atoms with van der Waals surface area (Å²) in [5, 5.41) is 13.0. The van der Waals surface area contributed by atoms with E-state index in [-0.39, 0.29) is 11.5 Å². The topological polar surface area (TPSA) is 68.1 Å². The number of pyridine rings is 1. The molecule has 94 valence electrons. The summed E-state index contributed by atoms with van der Waals surface area (Å²) in [5.41, 5.74) is 0.0502. The smallest absolute Gasteiger partial charge is 0.364 e. The van der Waals surface area contributed by atoms with Crippen molar-refractivity contribution in [2.45, 2.75) is 19.5 Å². The standard InChI is InChI=1S/C9H10F3N3O2/c1-6-2-4-13-8(7(6)15(16)17)14-5-3-9(10,11)12/h2,4H,3,5H2,1H3,(H,13,14). The predicted molar refractivity (Wildman–Crippen MR) is 54.8 cm³/mol. The van der Waals surface area contributed by atoms with Gasteiger partial charge in [-0.1, -0.05) is 0 Å². The minimum Gasteiger partial charge on any atom is -0.364 e. The van der Waals surface area contributed by atoms with Crippen LogP contribution in [-0.2, 0) is 0 Å². The molecule has 0 aliphatic rings. The number of nitrogens with zero attached hydrogens (tertiary/aromatic N) is 2. The second-order valence-electron chi connectivity index (χ2n) is 3.37. The number of aryl methyl sites for hydroxylation is 1.